The smallest absolute Gasteiger partial charge is 0.223 e. The first kappa shape index (κ1) is 12.9. The van der Waals surface area contributed by atoms with Crippen LogP contribution in [0.3, 0.4) is 0 Å². The van der Waals surface area contributed by atoms with E-state index in [-0.39, 0.29) is 6.04 Å². The molecule has 3 rings (SSSR count). The van der Waals surface area contributed by atoms with Crippen molar-refractivity contribution in [2.45, 2.75) is 33.2 Å². The zero-order chi connectivity index (χ0) is 14.1. The van der Waals surface area contributed by atoms with Gasteiger partial charge in [0.25, 0.3) is 0 Å². The maximum Gasteiger partial charge on any atom is 0.223 e. The fourth-order valence-corrected chi connectivity index (χ4v) is 2.61. The van der Waals surface area contributed by atoms with Gasteiger partial charge in [-0.1, -0.05) is 17.7 Å². The van der Waals surface area contributed by atoms with Gasteiger partial charge >= 0.3 is 0 Å². The molecule has 2 heterocycles. The molecule has 0 aliphatic carbocycles. The van der Waals surface area contributed by atoms with Crippen molar-refractivity contribution in [2.24, 2.45) is 0 Å². The largest absolute Gasteiger partial charge is 0.493 e. The normalized spacial score (nSPS) is 17.2. The predicted molar refractivity (Wildman–Crippen MR) is 79.2 cm³/mol. The zero-order valence-corrected chi connectivity index (χ0v) is 12.1. The van der Waals surface area contributed by atoms with Crippen LogP contribution in [0.15, 0.2) is 24.3 Å². The van der Waals surface area contributed by atoms with E-state index >= 15 is 0 Å². The van der Waals surface area contributed by atoms with Crippen LogP contribution in [0, 0.1) is 20.8 Å². The molecule has 1 aromatic carbocycles. The summed E-state index contributed by atoms with van der Waals surface area (Å²) in [5, 5.41) is 3.44. The minimum atomic E-state index is 0.208. The minimum absolute atomic E-state index is 0.208. The van der Waals surface area contributed by atoms with Gasteiger partial charge in [-0.05, 0) is 32.9 Å². The highest BCUT2D eigenvalue weighted by molar-refractivity contribution is 5.44. The molecule has 1 N–H and O–H groups in total. The van der Waals surface area contributed by atoms with Crippen LogP contribution in [0.25, 0.3) is 0 Å². The molecule has 1 unspecified atom stereocenters. The number of benzene rings is 1. The molecule has 0 fully saturated rings. The summed E-state index contributed by atoms with van der Waals surface area (Å²) < 4.78 is 5.71. The van der Waals surface area contributed by atoms with E-state index < -0.39 is 0 Å². The summed E-state index contributed by atoms with van der Waals surface area (Å²) in [5.41, 5.74) is 4.40. The number of ether oxygens (including phenoxy) is 1. The van der Waals surface area contributed by atoms with Crippen molar-refractivity contribution in [3.8, 4) is 5.75 Å². The van der Waals surface area contributed by atoms with Crippen molar-refractivity contribution in [3.63, 3.8) is 0 Å². The van der Waals surface area contributed by atoms with E-state index in [1.165, 1.54) is 11.1 Å². The molecule has 0 amide bonds. The lowest BCUT2D eigenvalue weighted by Gasteiger charge is -2.27. The first-order chi connectivity index (χ1) is 9.61. The number of hydrogen-bond acceptors (Lipinski definition) is 4. The van der Waals surface area contributed by atoms with Gasteiger partial charge in [-0.3, -0.25) is 0 Å². The summed E-state index contributed by atoms with van der Waals surface area (Å²) in [5.74, 6) is 1.66. The highest BCUT2D eigenvalue weighted by Crippen LogP contribution is 2.34. The molecule has 4 heteroatoms. The van der Waals surface area contributed by atoms with Crippen LogP contribution in [-0.2, 0) is 0 Å². The van der Waals surface area contributed by atoms with E-state index in [0.29, 0.717) is 5.95 Å². The third-order valence-electron chi connectivity index (χ3n) is 3.49. The zero-order valence-electron chi connectivity index (χ0n) is 12.1. The van der Waals surface area contributed by atoms with Gasteiger partial charge in [0, 0.05) is 23.4 Å². The lowest BCUT2D eigenvalue weighted by molar-refractivity contribution is 0.274. The fraction of sp³-hybridized carbons (Fsp3) is 0.375. The molecule has 1 aromatic heterocycles. The summed E-state index contributed by atoms with van der Waals surface area (Å²) >= 11 is 0. The van der Waals surface area contributed by atoms with Crippen LogP contribution in [0.4, 0.5) is 5.95 Å². The van der Waals surface area contributed by atoms with Crippen LogP contribution in [0.1, 0.15) is 35.0 Å². The molecule has 1 aliphatic heterocycles. The van der Waals surface area contributed by atoms with E-state index in [1.54, 1.807) is 0 Å². The molecule has 0 saturated carbocycles. The van der Waals surface area contributed by atoms with E-state index in [2.05, 4.69) is 34.3 Å². The van der Waals surface area contributed by atoms with Gasteiger partial charge in [0.1, 0.15) is 5.75 Å². The van der Waals surface area contributed by atoms with Crippen LogP contribution >= 0.6 is 0 Å². The second kappa shape index (κ2) is 5.12. The van der Waals surface area contributed by atoms with Gasteiger partial charge in [-0.25, -0.2) is 9.97 Å². The lowest BCUT2D eigenvalue weighted by atomic mass is 9.99. The quantitative estimate of drug-likeness (QED) is 0.908. The monoisotopic (exact) mass is 269 g/mol. The van der Waals surface area contributed by atoms with Crippen molar-refractivity contribution in [1.82, 2.24) is 9.97 Å². The molecule has 0 spiro atoms. The second-order valence-electron chi connectivity index (χ2n) is 5.35. The molecule has 0 saturated heterocycles. The summed E-state index contributed by atoms with van der Waals surface area (Å²) in [4.78, 5) is 8.92. The molecule has 20 heavy (non-hydrogen) atoms. The second-order valence-corrected chi connectivity index (χ2v) is 5.35. The molecule has 2 aromatic rings. The molecular weight excluding hydrogens is 250 g/mol. The Balaban J connectivity index is 1.91. The SMILES string of the molecule is Cc1ccc2c(c1)C(Nc1nc(C)cc(C)n1)CCO2. The van der Waals surface area contributed by atoms with Crippen molar-refractivity contribution in [2.75, 3.05) is 11.9 Å². The average Bonchev–Trinajstić information content (AvgIpc) is 2.38. The maximum absolute atomic E-state index is 5.71. The Morgan fingerprint density at radius 1 is 1.10 bits per heavy atom. The molecule has 0 bridgehead atoms. The van der Waals surface area contributed by atoms with Crippen molar-refractivity contribution >= 4 is 5.95 Å². The molecular formula is C16H19N3O. The highest BCUT2D eigenvalue weighted by atomic mass is 16.5. The third kappa shape index (κ3) is 2.59. The van der Waals surface area contributed by atoms with Crippen molar-refractivity contribution < 1.29 is 4.74 Å². The van der Waals surface area contributed by atoms with Crippen molar-refractivity contribution in [3.05, 3.63) is 46.8 Å². The summed E-state index contributed by atoms with van der Waals surface area (Å²) in [6.45, 7) is 6.79. The number of rotatable bonds is 2. The summed E-state index contributed by atoms with van der Waals surface area (Å²) in [6.07, 6.45) is 0.923. The number of nitrogens with zero attached hydrogens (tertiary/aromatic N) is 2. The fourth-order valence-electron chi connectivity index (χ4n) is 2.61. The molecule has 1 aliphatic rings. The van der Waals surface area contributed by atoms with Gasteiger partial charge in [0.05, 0.1) is 12.6 Å². The van der Waals surface area contributed by atoms with Gasteiger partial charge in [-0.15, -0.1) is 0 Å². The van der Waals surface area contributed by atoms with Crippen LogP contribution in [-0.4, -0.2) is 16.6 Å². The van der Waals surface area contributed by atoms with E-state index in [0.717, 1.165) is 30.2 Å². The van der Waals surface area contributed by atoms with Crippen LogP contribution < -0.4 is 10.1 Å². The number of fused-ring (bicyclic) bond motifs is 1. The Morgan fingerprint density at radius 3 is 2.60 bits per heavy atom. The average molecular weight is 269 g/mol. The maximum atomic E-state index is 5.71. The summed E-state index contributed by atoms with van der Waals surface area (Å²) in [6, 6.07) is 8.48. The number of anilines is 1. The Kier molecular flexibility index (Phi) is 3.30. The number of hydrogen-bond donors (Lipinski definition) is 1. The standard InChI is InChI=1S/C16H19N3O/c1-10-4-5-15-13(8-10)14(6-7-20-15)19-16-17-11(2)9-12(3)18-16/h4-5,8-9,14H,6-7H2,1-3H3,(H,17,18,19). The number of aromatic nitrogens is 2. The highest BCUT2D eigenvalue weighted by Gasteiger charge is 2.22. The Hall–Kier alpha value is -2.10. The molecule has 0 radical (unpaired) electrons. The predicted octanol–water partition coefficient (Wildman–Crippen LogP) is 3.34. The van der Waals surface area contributed by atoms with E-state index in [9.17, 15) is 0 Å². The van der Waals surface area contributed by atoms with Gasteiger partial charge in [0.2, 0.25) is 5.95 Å². The van der Waals surface area contributed by atoms with Gasteiger partial charge < -0.3 is 10.1 Å². The third-order valence-corrected chi connectivity index (χ3v) is 3.49. The number of aryl methyl sites for hydroxylation is 3. The molecule has 4 nitrogen and oxygen atoms in total. The molecule has 104 valence electrons. The van der Waals surface area contributed by atoms with E-state index in [4.69, 9.17) is 4.74 Å². The van der Waals surface area contributed by atoms with Crippen LogP contribution in [0.2, 0.25) is 0 Å². The first-order valence-electron chi connectivity index (χ1n) is 6.94. The minimum Gasteiger partial charge on any atom is -0.493 e. The topological polar surface area (TPSA) is 47.0 Å². The first-order valence-corrected chi connectivity index (χ1v) is 6.94. The molecule has 1 atom stereocenters. The van der Waals surface area contributed by atoms with Gasteiger partial charge in [0.15, 0.2) is 0 Å². The van der Waals surface area contributed by atoms with Crippen molar-refractivity contribution in [1.29, 1.82) is 0 Å². The Labute approximate surface area is 119 Å². The van der Waals surface area contributed by atoms with Gasteiger partial charge in [-0.2, -0.15) is 0 Å². The number of nitrogens with one attached hydrogen (secondary N) is 1. The summed E-state index contributed by atoms with van der Waals surface area (Å²) in [7, 11) is 0. The lowest BCUT2D eigenvalue weighted by Crippen LogP contribution is -2.21. The van der Waals surface area contributed by atoms with E-state index in [1.807, 2.05) is 26.0 Å². The van der Waals surface area contributed by atoms with Crippen LogP contribution in [0.5, 0.6) is 5.75 Å². The Bertz CT molecular complexity index is 619. The Morgan fingerprint density at radius 2 is 1.85 bits per heavy atom.